The van der Waals surface area contributed by atoms with Crippen LogP contribution in [0.3, 0.4) is 0 Å². The highest BCUT2D eigenvalue weighted by Crippen LogP contribution is 2.32. The summed E-state index contributed by atoms with van der Waals surface area (Å²) in [6.07, 6.45) is 0. The van der Waals surface area contributed by atoms with Crippen LogP contribution in [-0.4, -0.2) is 17.5 Å². The SMILES string of the molecule is CCOc1ccccc1-c1csc(NC(=O)c2ccc(C(C)(C)C)cc2)n1. The van der Waals surface area contributed by atoms with Gasteiger partial charge in [-0.15, -0.1) is 11.3 Å². The summed E-state index contributed by atoms with van der Waals surface area (Å²) in [5.74, 6) is 0.635. The molecule has 1 N–H and O–H groups in total. The summed E-state index contributed by atoms with van der Waals surface area (Å²) in [4.78, 5) is 17.1. The van der Waals surface area contributed by atoms with E-state index >= 15 is 0 Å². The molecule has 0 aliphatic carbocycles. The lowest BCUT2D eigenvalue weighted by Gasteiger charge is -2.18. The third-order valence-corrected chi connectivity index (χ3v) is 4.96. The fraction of sp³-hybridized carbons (Fsp3) is 0.273. The largest absolute Gasteiger partial charge is 0.493 e. The highest BCUT2D eigenvalue weighted by atomic mass is 32.1. The van der Waals surface area contributed by atoms with Crippen LogP contribution >= 0.6 is 11.3 Å². The van der Waals surface area contributed by atoms with Crippen molar-refractivity contribution < 1.29 is 9.53 Å². The van der Waals surface area contributed by atoms with Gasteiger partial charge in [-0.05, 0) is 42.2 Å². The van der Waals surface area contributed by atoms with Crippen LogP contribution in [0, 0.1) is 0 Å². The van der Waals surface area contributed by atoms with Gasteiger partial charge in [0.15, 0.2) is 5.13 Å². The topological polar surface area (TPSA) is 51.2 Å². The van der Waals surface area contributed by atoms with Gasteiger partial charge in [-0.25, -0.2) is 4.98 Å². The van der Waals surface area contributed by atoms with E-state index in [0.717, 1.165) is 17.0 Å². The van der Waals surface area contributed by atoms with Crippen LogP contribution < -0.4 is 10.1 Å². The summed E-state index contributed by atoms with van der Waals surface area (Å²) in [7, 11) is 0. The average Bonchev–Trinajstić information content (AvgIpc) is 3.10. The van der Waals surface area contributed by atoms with Gasteiger partial charge in [-0.3, -0.25) is 10.1 Å². The zero-order valence-corrected chi connectivity index (χ0v) is 16.9. The van der Waals surface area contributed by atoms with Crippen LogP contribution in [0.1, 0.15) is 43.6 Å². The first-order valence-corrected chi connectivity index (χ1v) is 9.86. The minimum absolute atomic E-state index is 0.0627. The Kier molecular flexibility index (Phi) is 5.61. The highest BCUT2D eigenvalue weighted by molar-refractivity contribution is 7.14. The molecule has 0 aliphatic rings. The molecule has 0 atom stereocenters. The van der Waals surface area contributed by atoms with Crippen LogP contribution in [-0.2, 0) is 5.41 Å². The number of aromatic nitrogens is 1. The fourth-order valence-electron chi connectivity index (χ4n) is 2.71. The maximum atomic E-state index is 12.5. The molecule has 0 saturated heterocycles. The van der Waals surface area contributed by atoms with E-state index in [4.69, 9.17) is 4.74 Å². The average molecular weight is 381 g/mol. The number of nitrogens with one attached hydrogen (secondary N) is 1. The molecule has 5 heteroatoms. The standard InChI is InChI=1S/C22H24N2O2S/c1-5-26-19-9-7-6-8-17(19)18-14-27-21(23-18)24-20(25)15-10-12-16(13-11-15)22(2,3)4/h6-14H,5H2,1-4H3,(H,23,24,25). The van der Waals surface area contributed by atoms with Crippen LogP contribution in [0.15, 0.2) is 53.9 Å². The number of benzene rings is 2. The summed E-state index contributed by atoms with van der Waals surface area (Å²) in [6.45, 7) is 9.00. The van der Waals surface area contributed by atoms with E-state index in [-0.39, 0.29) is 11.3 Å². The Bertz CT molecular complexity index is 924. The molecular weight excluding hydrogens is 356 g/mol. The summed E-state index contributed by atoms with van der Waals surface area (Å²) < 4.78 is 5.67. The van der Waals surface area contributed by atoms with Gasteiger partial charge in [-0.1, -0.05) is 45.0 Å². The molecule has 0 fully saturated rings. The molecule has 3 aromatic rings. The molecule has 0 aliphatic heterocycles. The number of thiazole rings is 1. The van der Waals surface area contributed by atoms with Crippen LogP contribution in [0.5, 0.6) is 5.75 Å². The van der Waals surface area contributed by atoms with E-state index in [1.54, 1.807) is 0 Å². The van der Waals surface area contributed by atoms with Crippen molar-refractivity contribution in [3.05, 3.63) is 65.0 Å². The third-order valence-electron chi connectivity index (χ3n) is 4.20. The fourth-order valence-corrected chi connectivity index (χ4v) is 3.41. The molecule has 2 aromatic carbocycles. The van der Waals surface area contributed by atoms with Gasteiger partial charge < -0.3 is 4.74 Å². The number of amides is 1. The normalized spacial score (nSPS) is 11.3. The van der Waals surface area contributed by atoms with Crippen molar-refractivity contribution in [1.29, 1.82) is 0 Å². The number of carbonyl (C=O) groups excluding carboxylic acids is 1. The van der Waals surface area contributed by atoms with Crippen LogP contribution in [0.25, 0.3) is 11.3 Å². The van der Waals surface area contributed by atoms with Crippen molar-refractivity contribution in [3.8, 4) is 17.0 Å². The number of ether oxygens (including phenoxy) is 1. The van der Waals surface area contributed by atoms with Crippen molar-refractivity contribution in [1.82, 2.24) is 4.98 Å². The van der Waals surface area contributed by atoms with Crippen LogP contribution in [0.2, 0.25) is 0 Å². The van der Waals surface area contributed by atoms with Crippen molar-refractivity contribution in [2.75, 3.05) is 11.9 Å². The van der Waals surface area contributed by atoms with Crippen LogP contribution in [0.4, 0.5) is 5.13 Å². The van der Waals surface area contributed by atoms with Gasteiger partial charge in [0.05, 0.1) is 12.3 Å². The summed E-state index contributed by atoms with van der Waals surface area (Å²) in [5.41, 5.74) is 3.60. The lowest BCUT2D eigenvalue weighted by atomic mass is 9.87. The third kappa shape index (κ3) is 4.55. The van der Waals surface area contributed by atoms with E-state index in [1.807, 2.05) is 60.8 Å². The van der Waals surface area contributed by atoms with Gasteiger partial charge >= 0.3 is 0 Å². The Morgan fingerprint density at radius 2 is 1.81 bits per heavy atom. The van der Waals surface area contributed by atoms with E-state index < -0.39 is 0 Å². The lowest BCUT2D eigenvalue weighted by molar-refractivity contribution is 0.102. The molecule has 3 rings (SSSR count). The first-order chi connectivity index (χ1) is 12.9. The zero-order valence-electron chi connectivity index (χ0n) is 16.1. The Morgan fingerprint density at radius 3 is 2.48 bits per heavy atom. The number of rotatable bonds is 5. The second kappa shape index (κ2) is 7.92. The molecule has 0 unspecified atom stereocenters. The number of nitrogens with zero attached hydrogens (tertiary/aromatic N) is 1. The Labute approximate surface area is 164 Å². The molecule has 0 saturated carbocycles. The van der Waals surface area contributed by atoms with Gasteiger partial charge in [-0.2, -0.15) is 0 Å². The minimum atomic E-state index is -0.158. The molecule has 1 amide bonds. The first kappa shape index (κ1) is 19.1. The first-order valence-electron chi connectivity index (χ1n) is 8.98. The molecule has 4 nitrogen and oxygen atoms in total. The van der Waals surface area contributed by atoms with Gasteiger partial charge in [0, 0.05) is 16.5 Å². The highest BCUT2D eigenvalue weighted by Gasteiger charge is 2.15. The number of anilines is 1. The summed E-state index contributed by atoms with van der Waals surface area (Å²) >= 11 is 1.40. The van der Waals surface area contributed by atoms with E-state index in [2.05, 4.69) is 31.1 Å². The Hall–Kier alpha value is -2.66. The molecule has 27 heavy (non-hydrogen) atoms. The smallest absolute Gasteiger partial charge is 0.257 e. The molecular formula is C22H24N2O2S. The van der Waals surface area contributed by atoms with Gasteiger partial charge in [0.1, 0.15) is 5.75 Å². The number of hydrogen-bond donors (Lipinski definition) is 1. The maximum absolute atomic E-state index is 12.5. The monoisotopic (exact) mass is 380 g/mol. The van der Waals surface area contributed by atoms with Gasteiger partial charge in [0.2, 0.25) is 0 Å². The second-order valence-corrected chi connectivity index (χ2v) is 8.11. The van der Waals surface area contributed by atoms with E-state index in [9.17, 15) is 4.79 Å². The Morgan fingerprint density at radius 1 is 1.11 bits per heavy atom. The molecule has 140 valence electrons. The van der Waals surface area contributed by atoms with Crippen molar-refractivity contribution >= 4 is 22.4 Å². The predicted molar refractivity (Wildman–Crippen MR) is 112 cm³/mol. The molecule has 0 bridgehead atoms. The number of hydrogen-bond acceptors (Lipinski definition) is 4. The summed E-state index contributed by atoms with van der Waals surface area (Å²) in [6, 6.07) is 15.5. The minimum Gasteiger partial charge on any atom is -0.493 e. The molecule has 1 aromatic heterocycles. The predicted octanol–water partition coefficient (Wildman–Crippen LogP) is 5.76. The van der Waals surface area contributed by atoms with Crippen molar-refractivity contribution in [2.45, 2.75) is 33.1 Å². The molecule has 0 spiro atoms. The van der Waals surface area contributed by atoms with E-state index in [1.165, 1.54) is 16.9 Å². The van der Waals surface area contributed by atoms with Crippen molar-refractivity contribution in [3.63, 3.8) is 0 Å². The lowest BCUT2D eigenvalue weighted by Crippen LogP contribution is -2.14. The van der Waals surface area contributed by atoms with Gasteiger partial charge in [0.25, 0.3) is 5.91 Å². The Balaban J connectivity index is 1.75. The maximum Gasteiger partial charge on any atom is 0.257 e. The summed E-state index contributed by atoms with van der Waals surface area (Å²) in [5, 5.41) is 5.38. The molecule has 0 radical (unpaired) electrons. The zero-order chi connectivity index (χ0) is 19.4. The van der Waals surface area contributed by atoms with Crippen molar-refractivity contribution in [2.24, 2.45) is 0 Å². The number of carbonyl (C=O) groups is 1. The quantitative estimate of drug-likeness (QED) is 0.612. The van der Waals surface area contributed by atoms with E-state index in [0.29, 0.717) is 17.3 Å². The molecule has 1 heterocycles. The second-order valence-electron chi connectivity index (χ2n) is 7.25. The number of para-hydroxylation sites is 1.